The molecule has 0 unspecified atom stereocenters. The molecule has 0 aliphatic carbocycles. The smallest absolute Gasteiger partial charge is 0.421 e. The molecule has 1 aliphatic rings. The first kappa shape index (κ1) is 34.6. The number of ether oxygens (including phenoxy) is 1. The van der Waals surface area contributed by atoms with Crippen molar-refractivity contribution in [2.75, 3.05) is 54.1 Å². The molecule has 1 saturated heterocycles. The van der Waals surface area contributed by atoms with E-state index in [1.807, 2.05) is 44.4 Å². The maximum absolute atomic E-state index is 13.8. The summed E-state index contributed by atoms with van der Waals surface area (Å²) in [6.45, 7) is 15.3. The Kier molecular flexibility index (Phi) is 11.3. The highest BCUT2D eigenvalue weighted by molar-refractivity contribution is 5.99. The number of halogens is 3. The number of anilines is 6. The first-order chi connectivity index (χ1) is 21.3. The minimum absolute atomic E-state index is 0.0924. The van der Waals surface area contributed by atoms with Crippen LogP contribution < -0.4 is 25.6 Å². The number of hydrogen-bond donors (Lipinski definition) is 3. The van der Waals surface area contributed by atoms with Crippen molar-refractivity contribution in [3.05, 3.63) is 60.8 Å². The van der Waals surface area contributed by atoms with E-state index >= 15 is 0 Å². The zero-order chi connectivity index (χ0) is 33.4. The van der Waals surface area contributed by atoms with Crippen molar-refractivity contribution >= 4 is 46.5 Å². The third-order valence-electron chi connectivity index (χ3n) is 6.49. The van der Waals surface area contributed by atoms with Crippen LogP contribution in [0.15, 0.2) is 55.3 Å². The number of benzene rings is 1. The van der Waals surface area contributed by atoms with Crippen molar-refractivity contribution in [3.8, 4) is 5.88 Å². The number of alkyl halides is 3. The Hall–Kier alpha value is -4.88. The molecule has 1 aliphatic heterocycles. The maximum Gasteiger partial charge on any atom is 0.421 e. The lowest BCUT2D eigenvalue weighted by molar-refractivity contribution is -0.140. The first-order valence-electron chi connectivity index (χ1n) is 14.4. The van der Waals surface area contributed by atoms with Gasteiger partial charge in [0.2, 0.25) is 23.6 Å². The zero-order valence-electron chi connectivity index (χ0n) is 26.2. The fourth-order valence-electron chi connectivity index (χ4n) is 4.34. The number of aromatic nitrogens is 3. The van der Waals surface area contributed by atoms with Gasteiger partial charge in [-0.25, -0.2) is 4.98 Å². The summed E-state index contributed by atoms with van der Waals surface area (Å²) in [6.07, 6.45) is -2.98. The number of rotatable bonds is 8. The predicted octanol–water partition coefficient (Wildman–Crippen LogP) is 6.23. The van der Waals surface area contributed by atoms with Gasteiger partial charge in [-0.1, -0.05) is 47.3 Å². The third kappa shape index (κ3) is 9.06. The van der Waals surface area contributed by atoms with E-state index in [2.05, 4.69) is 37.5 Å². The molecule has 3 heterocycles. The maximum atomic E-state index is 13.8. The van der Waals surface area contributed by atoms with Crippen LogP contribution >= 0.6 is 0 Å². The van der Waals surface area contributed by atoms with Gasteiger partial charge >= 0.3 is 6.18 Å². The van der Waals surface area contributed by atoms with Gasteiger partial charge in [0, 0.05) is 49.2 Å². The molecule has 0 saturated carbocycles. The molecule has 0 bridgehead atoms. The summed E-state index contributed by atoms with van der Waals surface area (Å²) in [5, 5.41) is 8.11. The third-order valence-corrected chi connectivity index (χ3v) is 6.49. The number of nitrogens with one attached hydrogen (secondary N) is 3. The van der Waals surface area contributed by atoms with Crippen molar-refractivity contribution in [3.63, 3.8) is 0 Å². The molecular formula is C31H39F3N8O3. The van der Waals surface area contributed by atoms with Gasteiger partial charge in [0.1, 0.15) is 22.9 Å². The van der Waals surface area contributed by atoms with E-state index in [9.17, 15) is 22.8 Å². The Morgan fingerprint density at radius 2 is 1.64 bits per heavy atom. The number of pyridine rings is 1. The molecule has 1 aromatic carbocycles. The SMILES string of the molecule is C=CC(=O)Nc1cccc(Nc2nc(Nc3ccc(N4CCN(C(=O)C(C)(C)C)CC4)nc3OC)ncc2C(F)(F)F)c1.CC. The van der Waals surface area contributed by atoms with Crippen LogP contribution in [-0.4, -0.2) is 65.0 Å². The lowest BCUT2D eigenvalue weighted by atomic mass is 9.94. The van der Waals surface area contributed by atoms with Crippen molar-refractivity contribution in [1.82, 2.24) is 19.9 Å². The summed E-state index contributed by atoms with van der Waals surface area (Å²) in [4.78, 5) is 40.6. The van der Waals surface area contributed by atoms with Gasteiger partial charge in [0.05, 0.1) is 7.11 Å². The lowest BCUT2D eigenvalue weighted by Crippen LogP contribution is -2.51. The quantitative estimate of drug-likeness (QED) is 0.249. The molecular weight excluding hydrogens is 589 g/mol. The minimum Gasteiger partial charge on any atom is -0.479 e. The van der Waals surface area contributed by atoms with Gasteiger partial charge in [-0.05, 0) is 36.4 Å². The van der Waals surface area contributed by atoms with E-state index in [0.717, 1.165) is 6.08 Å². The summed E-state index contributed by atoms with van der Waals surface area (Å²) in [7, 11) is 1.43. The number of carbonyl (C=O) groups excluding carboxylic acids is 2. The van der Waals surface area contributed by atoms with E-state index in [0.29, 0.717) is 49.6 Å². The van der Waals surface area contributed by atoms with Crippen molar-refractivity contribution in [2.24, 2.45) is 5.41 Å². The molecule has 14 heteroatoms. The van der Waals surface area contributed by atoms with Gasteiger partial charge < -0.3 is 30.5 Å². The zero-order valence-corrected chi connectivity index (χ0v) is 26.2. The number of piperazine rings is 1. The number of carbonyl (C=O) groups is 2. The molecule has 0 atom stereocenters. The summed E-state index contributed by atoms with van der Waals surface area (Å²) in [5.74, 6) is -0.182. The van der Waals surface area contributed by atoms with Crippen LogP contribution in [0.4, 0.5) is 47.8 Å². The van der Waals surface area contributed by atoms with E-state index in [1.54, 1.807) is 24.3 Å². The van der Waals surface area contributed by atoms with Crippen LogP contribution in [0.3, 0.4) is 0 Å². The summed E-state index contributed by atoms with van der Waals surface area (Å²) in [6, 6.07) is 9.56. The highest BCUT2D eigenvalue weighted by Crippen LogP contribution is 2.36. The monoisotopic (exact) mass is 628 g/mol. The average Bonchev–Trinajstić information content (AvgIpc) is 3.01. The number of amides is 2. The molecule has 11 nitrogen and oxygen atoms in total. The molecule has 0 radical (unpaired) electrons. The molecule has 2 amide bonds. The Morgan fingerprint density at radius 3 is 2.24 bits per heavy atom. The van der Waals surface area contributed by atoms with E-state index in [-0.39, 0.29) is 23.4 Å². The summed E-state index contributed by atoms with van der Waals surface area (Å²) in [5.41, 5.74) is -0.588. The van der Waals surface area contributed by atoms with Crippen LogP contribution in [0.5, 0.6) is 5.88 Å². The molecule has 4 rings (SSSR count). The molecule has 1 fully saturated rings. The second-order valence-corrected chi connectivity index (χ2v) is 10.7. The predicted molar refractivity (Wildman–Crippen MR) is 169 cm³/mol. The van der Waals surface area contributed by atoms with Gasteiger partial charge in [0.25, 0.3) is 0 Å². The average molecular weight is 629 g/mol. The van der Waals surface area contributed by atoms with Gasteiger partial charge in [-0.3, -0.25) is 9.59 Å². The van der Waals surface area contributed by atoms with Crippen LogP contribution in [0.1, 0.15) is 40.2 Å². The molecule has 3 N–H and O–H groups in total. The van der Waals surface area contributed by atoms with Crippen LogP contribution in [0, 0.1) is 5.41 Å². The molecule has 2 aromatic heterocycles. The minimum atomic E-state index is -4.74. The van der Waals surface area contributed by atoms with E-state index in [4.69, 9.17) is 4.74 Å². The second kappa shape index (κ2) is 14.7. The Labute approximate surface area is 260 Å². The number of nitrogens with zero attached hydrogens (tertiary/aromatic N) is 5. The standard InChI is InChI=1S/C29H33F3N8O3.C2H6/c1-6-23(41)34-18-8-7-9-19(16-18)35-24-20(29(30,31)32)17-33-27(38-24)36-21-10-11-22(37-25(21)43-5)39-12-14-40(15-13-39)26(42)28(2,3)4;1-2/h6-11,16-17H,1,12-15H2,2-5H3,(H,34,41)(H2,33,35,36,38);1-2H3. The topological polar surface area (TPSA) is 125 Å². The van der Waals surface area contributed by atoms with Crippen molar-refractivity contribution in [2.45, 2.75) is 40.8 Å². The summed E-state index contributed by atoms with van der Waals surface area (Å²) < 4.78 is 46.9. The fourth-order valence-corrected chi connectivity index (χ4v) is 4.34. The van der Waals surface area contributed by atoms with E-state index < -0.39 is 28.9 Å². The largest absolute Gasteiger partial charge is 0.479 e. The molecule has 0 spiro atoms. The molecule has 45 heavy (non-hydrogen) atoms. The number of methoxy groups -OCH3 is 1. The molecule has 242 valence electrons. The van der Waals surface area contributed by atoms with Crippen molar-refractivity contribution in [1.29, 1.82) is 0 Å². The highest BCUT2D eigenvalue weighted by atomic mass is 19.4. The van der Waals surface area contributed by atoms with E-state index in [1.165, 1.54) is 19.2 Å². The van der Waals surface area contributed by atoms with Crippen LogP contribution in [0.25, 0.3) is 0 Å². The highest BCUT2D eigenvalue weighted by Gasteiger charge is 2.35. The number of hydrogen-bond acceptors (Lipinski definition) is 9. The second-order valence-electron chi connectivity index (χ2n) is 10.7. The van der Waals surface area contributed by atoms with Crippen LogP contribution in [0.2, 0.25) is 0 Å². The van der Waals surface area contributed by atoms with Gasteiger partial charge in [0.15, 0.2) is 0 Å². The normalized spacial score (nSPS) is 13.3. The Morgan fingerprint density at radius 1 is 0.978 bits per heavy atom. The molecule has 3 aromatic rings. The Balaban J connectivity index is 0.00000271. The lowest BCUT2D eigenvalue weighted by Gasteiger charge is -2.38. The van der Waals surface area contributed by atoms with Crippen LogP contribution in [-0.2, 0) is 15.8 Å². The van der Waals surface area contributed by atoms with Gasteiger partial charge in [-0.15, -0.1) is 0 Å². The van der Waals surface area contributed by atoms with Crippen molar-refractivity contribution < 1.29 is 27.5 Å². The summed E-state index contributed by atoms with van der Waals surface area (Å²) >= 11 is 0. The first-order valence-corrected chi connectivity index (χ1v) is 14.4. The fraction of sp³-hybridized carbons (Fsp3) is 0.387. The Bertz CT molecular complexity index is 1500. The van der Waals surface area contributed by atoms with Gasteiger partial charge in [-0.2, -0.15) is 23.1 Å².